The molecule has 5 nitrogen and oxygen atoms in total. The smallest absolute Gasteiger partial charge is 0.192 e. The summed E-state index contributed by atoms with van der Waals surface area (Å²) < 4.78 is 13.0. The highest BCUT2D eigenvalue weighted by molar-refractivity contribution is 6.74. The van der Waals surface area contributed by atoms with Crippen LogP contribution in [0.4, 0.5) is 0 Å². The second kappa shape index (κ2) is 14.1. The quantitative estimate of drug-likeness (QED) is 0.155. The molecule has 0 unspecified atom stereocenters. The third kappa shape index (κ3) is 8.48. The van der Waals surface area contributed by atoms with E-state index in [0.717, 1.165) is 36.3 Å². The predicted octanol–water partition coefficient (Wildman–Crippen LogP) is 8.11. The second-order valence-electron chi connectivity index (χ2n) is 16.2. The lowest BCUT2D eigenvalue weighted by Crippen LogP contribution is -2.53. The molecule has 0 bridgehead atoms. The number of fused-ring (bicyclic) bond motifs is 1. The third-order valence-corrected chi connectivity index (χ3v) is 15.9. The molecule has 3 N–H and O–H groups in total. The van der Waals surface area contributed by atoms with Gasteiger partial charge in [0.15, 0.2) is 8.32 Å². The fourth-order valence-corrected chi connectivity index (χ4v) is 9.18. The Morgan fingerprint density at radius 3 is 2.43 bits per heavy atom. The Morgan fingerprint density at radius 2 is 1.81 bits per heavy atom. The molecular weight excluding hydrogens is 540 g/mol. The van der Waals surface area contributed by atoms with Crippen LogP contribution < -0.4 is 0 Å². The molecule has 0 heterocycles. The molecule has 0 aliphatic heterocycles. The summed E-state index contributed by atoms with van der Waals surface area (Å²) in [5.74, 6) is 2.01. The molecule has 0 aromatic heterocycles. The van der Waals surface area contributed by atoms with Crippen LogP contribution in [-0.2, 0) is 9.16 Å². The summed E-state index contributed by atoms with van der Waals surface area (Å²) in [5, 5.41) is 30.9. The molecule has 3 rings (SSSR count). The van der Waals surface area contributed by atoms with Gasteiger partial charge in [-0.05, 0) is 111 Å². The molecule has 6 heteroatoms. The Hall–Kier alpha value is -0.763. The van der Waals surface area contributed by atoms with Gasteiger partial charge in [0.2, 0.25) is 0 Å². The number of aliphatic hydroxyl groups is 3. The van der Waals surface area contributed by atoms with Crippen molar-refractivity contribution in [3.05, 3.63) is 35.5 Å². The summed E-state index contributed by atoms with van der Waals surface area (Å²) in [6, 6.07) is 0. The molecule has 0 saturated heterocycles. The predicted molar refractivity (Wildman–Crippen MR) is 177 cm³/mol. The first kappa shape index (κ1) is 35.7. The van der Waals surface area contributed by atoms with Crippen LogP contribution in [0.1, 0.15) is 113 Å². The summed E-state index contributed by atoms with van der Waals surface area (Å²) >= 11 is 0. The van der Waals surface area contributed by atoms with Crippen molar-refractivity contribution in [2.75, 3.05) is 13.2 Å². The van der Waals surface area contributed by atoms with E-state index in [1.807, 2.05) is 13.8 Å². The maximum atomic E-state index is 11.4. The molecule has 0 aromatic carbocycles. The first-order valence-electron chi connectivity index (χ1n) is 16.8. The molecule has 42 heavy (non-hydrogen) atoms. The van der Waals surface area contributed by atoms with Gasteiger partial charge in [-0.15, -0.1) is 0 Å². The molecule has 242 valence electrons. The first-order valence-corrected chi connectivity index (χ1v) is 19.7. The second-order valence-corrected chi connectivity index (χ2v) is 21.0. The Bertz CT molecular complexity index is 970. The van der Waals surface area contributed by atoms with E-state index in [2.05, 4.69) is 66.4 Å². The van der Waals surface area contributed by atoms with Crippen LogP contribution in [0, 0.1) is 23.2 Å². The van der Waals surface area contributed by atoms with E-state index in [1.54, 1.807) is 5.57 Å². The van der Waals surface area contributed by atoms with Crippen molar-refractivity contribution in [1.82, 2.24) is 0 Å². The number of rotatable bonds is 12. The summed E-state index contributed by atoms with van der Waals surface area (Å²) in [4.78, 5) is 0. The number of aliphatic hydroxyl groups excluding tert-OH is 2. The standard InChI is InChI=1S/C36H64O5Si/c1-25(14-11-20-35(6,7)39)29-18-19-30-27(15-12-21-36(29,30)8)16-17-28-24-31(41-42(9,10)34(3,4)5)33(32(38)26(28)2)40-23-13-22-37/h16-17,25,29-33,37-39H,2,11-15,18-24H2,1,3-10H3/b27-16+,28-17-/t25-,29-,30+,31-,32-,33-,36-/m1/s1. The third-order valence-electron chi connectivity index (χ3n) is 11.4. The van der Waals surface area contributed by atoms with Gasteiger partial charge >= 0.3 is 0 Å². The van der Waals surface area contributed by atoms with Crippen molar-refractivity contribution in [3.8, 4) is 0 Å². The van der Waals surface area contributed by atoms with E-state index in [4.69, 9.17) is 9.16 Å². The van der Waals surface area contributed by atoms with Gasteiger partial charge in [-0.25, -0.2) is 0 Å². The van der Waals surface area contributed by atoms with Crippen LogP contribution in [0.25, 0.3) is 0 Å². The molecular formula is C36H64O5Si. The van der Waals surface area contributed by atoms with Gasteiger partial charge in [0.25, 0.3) is 0 Å². The SMILES string of the molecule is C=C1/C(=C\C=C2/CCC[C@]3(C)[C@@H]([C@H](C)CCCC(C)(C)O)CC[C@@H]23)C[C@@H](O[Si](C)(C)C(C)(C)C)[C@@H](OCCCO)[C@@H]1O. The number of allylic oxidation sites excluding steroid dienone is 3. The van der Waals surface area contributed by atoms with Crippen molar-refractivity contribution in [3.63, 3.8) is 0 Å². The molecule has 3 fully saturated rings. The van der Waals surface area contributed by atoms with Crippen LogP contribution >= 0.6 is 0 Å². The van der Waals surface area contributed by atoms with E-state index >= 15 is 0 Å². The zero-order chi connectivity index (χ0) is 31.5. The lowest BCUT2D eigenvalue weighted by atomic mass is 9.60. The molecule has 7 atom stereocenters. The Kier molecular flexibility index (Phi) is 12.0. The molecule has 3 saturated carbocycles. The Morgan fingerprint density at radius 1 is 1.12 bits per heavy atom. The van der Waals surface area contributed by atoms with Crippen LogP contribution in [0.15, 0.2) is 35.5 Å². The Labute approximate surface area is 259 Å². The molecule has 3 aliphatic rings. The topological polar surface area (TPSA) is 79.2 Å². The zero-order valence-electron chi connectivity index (χ0n) is 28.5. The first-order chi connectivity index (χ1) is 19.4. The van der Waals surface area contributed by atoms with Crippen molar-refractivity contribution in [2.24, 2.45) is 23.2 Å². The Balaban J connectivity index is 1.80. The van der Waals surface area contributed by atoms with Crippen molar-refractivity contribution in [1.29, 1.82) is 0 Å². The minimum atomic E-state index is -2.11. The number of hydrogen-bond acceptors (Lipinski definition) is 5. The van der Waals surface area contributed by atoms with Crippen LogP contribution in [-0.4, -0.2) is 60.8 Å². The minimum Gasteiger partial charge on any atom is -0.411 e. The summed E-state index contributed by atoms with van der Waals surface area (Å²) in [5.41, 5.74) is 3.13. The maximum absolute atomic E-state index is 11.4. The minimum absolute atomic E-state index is 0.0465. The molecule has 0 amide bonds. The van der Waals surface area contributed by atoms with Crippen molar-refractivity contribution >= 4 is 8.32 Å². The monoisotopic (exact) mass is 604 g/mol. The number of ether oxygens (including phenoxy) is 1. The van der Waals surface area contributed by atoms with Crippen LogP contribution in [0.2, 0.25) is 18.1 Å². The highest BCUT2D eigenvalue weighted by Crippen LogP contribution is 2.60. The van der Waals surface area contributed by atoms with E-state index in [1.165, 1.54) is 32.1 Å². The lowest BCUT2D eigenvalue weighted by Gasteiger charge is -2.45. The molecule has 0 radical (unpaired) electrons. The van der Waals surface area contributed by atoms with Crippen LogP contribution in [0.3, 0.4) is 0 Å². The van der Waals surface area contributed by atoms with Gasteiger partial charge in [0.1, 0.15) is 12.2 Å². The highest BCUT2D eigenvalue weighted by atomic mass is 28.4. The summed E-state index contributed by atoms with van der Waals surface area (Å²) in [6.45, 7) is 24.8. The highest BCUT2D eigenvalue weighted by Gasteiger charge is 2.50. The molecule has 3 aliphatic carbocycles. The van der Waals surface area contributed by atoms with Gasteiger partial charge in [0, 0.05) is 19.6 Å². The fraction of sp³-hybridized carbons (Fsp3) is 0.833. The van der Waals surface area contributed by atoms with Crippen molar-refractivity contribution < 1.29 is 24.5 Å². The lowest BCUT2D eigenvalue weighted by molar-refractivity contribution is -0.0921. The normalized spacial score (nSPS) is 33.8. The molecule has 0 spiro atoms. The maximum Gasteiger partial charge on any atom is 0.192 e. The van der Waals surface area contributed by atoms with E-state index in [-0.39, 0.29) is 17.7 Å². The van der Waals surface area contributed by atoms with Gasteiger partial charge in [0.05, 0.1) is 11.7 Å². The van der Waals surface area contributed by atoms with E-state index in [0.29, 0.717) is 36.7 Å². The van der Waals surface area contributed by atoms with Gasteiger partial charge in [-0.2, -0.15) is 0 Å². The summed E-state index contributed by atoms with van der Waals surface area (Å²) in [7, 11) is -2.11. The number of hydrogen-bond donors (Lipinski definition) is 3. The van der Waals surface area contributed by atoms with Gasteiger partial charge in [-0.3, -0.25) is 0 Å². The average molecular weight is 605 g/mol. The van der Waals surface area contributed by atoms with Gasteiger partial charge < -0.3 is 24.5 Å². The van der Waals surface area contributed by atoms with E-state index in [9.17, 15) is 15.3 Å². The van der Waals surface area contributed by atoms with Gasteiger partial charge in [-0.1, -0.05) is 71.8 Å². The van der Waals surface area contributed by atoms with Crippen molar-refractivity contribution in [2.45, 2.75) is 155 Å². The van der Waals surface area contributed by atoms with Crippen LogP contribution in [0.5, 0.6) is 0 Å². The fourth-order valence-electron chi connectivity index (χ4n) is 7.86. The zero-order valence-corrected chi connectivity index (χ0v) is 29.5. The summed E-state index contributed by atoms with van der Waals surface area (Å²) in [6.07, 6.45) is 13.6. The molecule has 0 aromatic rings. The van der Waals surface area contributed by atoms with E-state index < -0.39 is 26.1 Å². The average Bonchev–Trinajstić information content (AvgIpc) is 3.23. The largest absolute Gasteiger partial charge is 0.411 e.